The zero-order chi connectivity index (χ0) is 21.8. The summed E-state index contributed by atoms with van der Waals surface area (Å²) in [5.74, 6) is -0.630. The Labute approximate surface area is 181 Å². The molecule has 1 fully saturated rings. The van der Waals surface area contributed by atoms with E-state index in [0.29, 0.717) is 49.5 Å². The molecule has 0 radical (unpaired) electrons. The molecule has 2 aromatic rings. The van der Waals surface area contributed by atoms with Crippen LogP contribution in [0.2, 0.25) is 0 Å². The van der Waals surface area contributed by atoms with E-state index >= 15 is 0 Å². The highest BCUT2D eigenvalue weighted by molar-refractivity contribution is 6.21. The van der Waals surface area contributed by atoms with Crippen LogP contribution in [-0.4, -0.2) is 74.1 Å². The lowest BCUT2D eigenvalue weighted by atomic mass is 10.1. The van der Waals surface area contributed by atoms with Crippen molar-refractivity contribution in [1.82, 2.24) is 9.80 Å². The van der Waals surface area contributed by atoms with Crippen LogP contribution >= 0.6 is 0 Å². The number of methoxy groups -OCH3 is 1. The lowest BCUT2D eigenvalue weighted by molar-refractivity contribution is 0.0638. The number of carbonyl (C=O) groups excluding carboxylic acids is 3. The molecule has 1 saturated heterocycles. The van der Waals surface area contributed by atoms with Gasteiger partial charge in [0.05, 0.1) is 11.1 Å². The van der Waals surface area contributed by atoms with Gasteiger partial charge >= 0.3 is 6.03 Å². The zero-order valence-electron chi connectivity index (χ0n) is 17.5. The Morgan fingerprint density at radius 3 is 2.39 bits per heavy atom. The molecule has 4 rings (SSSR count). The van der Waals surface area contributed by atoms with Crippen molar-refractivity contribution in [2.24, 2.45) is 0 Å². The van der Waals surface area contributed by atoms with Crippen molar-refractivity contribution in [1.29, 1.82) is 0 Å². The van der Waals surface area contributed by atoms with Crippen molar-refractivity contribution in [2.45, 2.75) is 6.42 Å². The fraction of sp³-hybridized carbons (Fsp3) is 0.348. The lowest BCUT2D eigenvalue weighted by Gasteiger charge is -2.36. The van der Waals surface area contributed by atoms with E-state index in [1.165, 1.54) is 4.90 Å². The smallest absolute Gasteiger partial charge is 0.321 e. The summed E-state index contributed by atoms with van der Waals surface area (Å²) in [6, 6.07) is 14.8. The fourth-order valence-corrected chi connectivity index (χ4v) is 3.95. The molecule has 0 atom stereocenters. The SMILES string of the molecule is COCCCN1C(=O)c2ccc(NC(=O)N3CCN(c4ccccc4)CC3)cc2C1=O. The highest BCUT2D eigenvalue weighted by Crippen LogP contribution is 2.26. The minimum absolute atomic E-state index is 0.207. The van der Waals surface area contributed by atoms with Crippen molar-refractivity contribution in [2.75, 3.05) is 56.7 Å². The van der Waals surface area contributed by atoms with Crippen LogP contribution in [0.5, 0.6) is 0 Å². The third-order valence-electron chi connectivity index (χ3n) is 5.64. The second-order valence-corrected chi connectivity index (χ2v) is 7.61. The highest BCUT2D eigenvalue weighted by atomic mass is 16.5. The Morgan fingerprint density at radius 2 is 1.68 bits per heavy atom. The number of fused-ring (bicyclic) bond motifs is 1. The Morgan fingerprint density at radius 1 is 0.968 bits per heavy atom. The number of nitrogens with zero attached hydrogens (tertiary/aromatic N) is 3. The largest absolute Gasteiger partial charge is 0.385 e. The van der Waals surface area contributed by atoms with E-state index in [-0.39, 0.29) is 17.8 Å². The van der Waals surface area contributed by atoms with Crippen LogP contribution in [0.15, 0.2) is 48.5 Å². The summed E-state index contributed by atoms with van der Waals surface area (Å²) in [7, 11) is 1.58. The van der Waals surface area contributed by atoms with Gasteiger partial charge in [0.15, 0.2) is 0 Å². The monoisotopic (exact) mass is 422 g/mol. The quantitative estimate of drug-likeness (QED) is 0.572. The summed E-state index contributed by atoms with van der Waals surface area (Å²) in [4.78, 5) is 43.1. The standard InChI is InChI=1S/C23H26N4O4/c1-31-15-5-10-27-21(28)19-9-8-17(16-20(19)22(27)29)24-23(30)26-13-11-25(12-14-26)18-6-3-2-4-7-18/h2-4,6-9,16H,5,10-15H2,1H3,(H,24,30). The van der Waals surface area contributed by atoms with E-state index in [1.54, 1.807) is 30.2 Å². The Balaban J connectivity index is 1.36. The van der Waals surface area contributed by atoms with Crippen LogP contribution < -0.4 is 10.2 Å². The van der Waals surface area contributed by atoms with E-state index in [0.717, 1.165) is 18.8 Å². The van der Waals surface area contributed by atoms with Crippen molar-refractivity contribution < 1.29 is 19.1 Å². The minimum atomic E-state index is -0.330. The number of rotatable bonds is 6. The molecule has 8 nitrogen and oxygen atoms in total. The molecule has 0 aliphatic carbocycles. The van der Waals surface area contributed by atoms with Crippen molar-refractivity contribution in [3.05, 3.63) is 59.7 Å². The number of anilines is 2. The van der Waals surface area contributed by atoms with Crippen LogP contribution in [0.4, 0.5) is 16.2 Å². The second-order valence-electron chi connectivity index (χ2n) is 7.61. The van der Waals surface area contributed by atoms with Gasteiger partial charge in [0, 0.05) is 57.8 Å². The Kier molecular flexibility index (Phi) is 6.18. The normalized spacial score (nSPS) is 16.0. The van der Waals surface area contributed by atoms with Crippen LogP contribution in [0, 0.1) is 0 Å². The molecule has 162 valence electrons. The van der Waals surface area contributed by atoms with Crippen LogP contribution in [0.3, 0.4) is 0 Å². The summed E-state index contributed by atoms with van der Waals surface area (Å²) >= 11 is 0. The molecule has 2 aliphatic rings. The summed E-state index contributed by atoms with van der Waals surface area (Å²) in [5, 5.41) is 2.86. The number of para-hydroxylation sites is 1. The lowest BCUT2D eigenvalue weighted by Crippen LogP contribution is -2.50. The van der Waals surface area contributed by atoms with Gasteiger partial charge in [-0.1, -0.05) is 18.2 Å². The number of carbonyl (C=O) groups is 3. The van der Waals surface area contributed by atoms with Gasteiger partial charge in [0.2, 0.25) is 0 Å². The molecule has 2 heterocycles. The maximum absolute atomic E-state index is 12.7. The molecule has 0 aromatic heterocycles. The topological polar surface area (TPSA) is 82.2 Å². The molecule has 8 heteroatoms. The molecule has 2 aliphatic heterocycles. The molecule has 1 N–H and O–H groups in total. The summed E-state index contributed by atoms with van der Waals surface area (Å²) in [6.07, 6.45) is 0.584. The molecule has 0 saturated carbocycles. The van der Waals surface area contributed by atoms with Gasteiger partial charge in [0.25, 0.3) is 11.8 Å². The third-order valence-corrected chi connectivity index (χ3v) is 5.64. The van der Waals surface area contributed by atoms with Gasteiger partial charge in [-0.25, -0.2) is 4.79 Å². The minimum Gasteiger partial charge on any atom is -0.385 e. The molecule has 31 heavy (non-hydrogen) atoms. The number of piperazine rings is 1. The van der Waals surface area contributed by atoms with Crippen LogP contribution in [0.25, 0.3) is 0 Å². The first-order chi connectivity index (χ1) is 15.1. The molecule has 0 unspecified atom stereocenters. The van der Waals surface area contributed by atoms with Crippen LogP contribution in [0.1, 0.15) is 27.1 Å². The summed E-state index contributed by atoms with van der Waals surface area (Å²) in [5.41, 5.74) is 2.36. The second kappa shape index (κ2) is 9.18. The number of amides is 4. The van der Waals surface area contributed by atoms with Gasteiger partial charge in [-0.3, -0.25) is 14.5 Å². The number of ether oxygens (including phenoxy) is 1. The van der Waals surface area contributed by atoms with Crippen molar-refractivity contribution in [3.8, 4) is 0 Å². The number of hydrogen-bond acceptors (Lipinski definition) is 5. The van der Waals surface area contributed by atoms with Gasteiger partial charge in [-0.2, -0.15) is 0 Å². The van der Waals surface area contributed by atoms with E-state index in [2.05, 4.69) is 22.3 Å². The van der Waals surface area contributed by atoms with Gasteiger partial charge in [-0.15, -0.1) is 0 Å². The highest BCUT2D eigenvalue weighted by Gasteiger charge is 2.35. The molecule has 0 spiro atoms. The average molecular weight is 422 g/mol. The molecule has 0 bridgehead atoms. The Hall–Kier alpha value is -3.39. The summed E-state index contributed by atoms with van der Waals surface area (Å²) < 4.78 is 5.00. The molecule has 2 aromatic carbocycles. The van der Waals surface area contributed by atoms with E-state index in [9.17, 15) is 14.4 Å². The average Bonchev–Trinajstić information content (AvgIpc) is 3.04. The summed E-state index contributed by atoms with van der Waals surface area (Å²) in [6.45, 7) is 3.52. The first-order valence-electron chi connectivity index (χ1n) is 10.4. The van der Waals surface area contributed by atoms with Gasteiger partial charge in [0.1, 0.15) is 0 Å². The number of nitrogens with one attached hydrogen (secondary N) is 1. The maximum atomic E-state index is 12.7. The first-order valence-corrected chi connectivity index (χ1v) is 10.4. The van der Waals surface area contributed by atoms with Crippen LogP contribution in [-0.2, 0) is 4.74 Å². The third kappa shape index (κ3) is 4.39. The number of imide groups is 1. The first kappa shape index (κ1) is 20.9. The predicted octanol–water partition coefficient (Wildman–Crippen LogP) is 2.67. The Bertz CT molecular complexity index is 971. The number of benzene rings is 2. The van der Waals surface area contributed by atoms with Crippen molar-refractivity contribution in [3.63, 3.8) is 0 Å². The zero-order valence-corrected chi connectivity index (χ0v) is 17.5. The maximum Gasteiger partial charge on any atom is 0.321 e. The van der Waals surface area contributed by atoms with E-state index in [4.69, 9.17) is 4.74 Å². The van der Waals surface area contributed by atoms with Gasteiger partial charge < -0.3 is 19.9 Å². The number of hydrogen-bond donors (Lipinski definition) is 1. The molecular weight excluding hydrogens is 396 g/mol. The van der Waals surface area contributed by atoms with Gasteiger partial charge in [-0.05, 0) is 36.8 Å². The predicted molar refractivity (Wildman–Crippen MR) is 118 cm³/mol. The molecular formula is C23H26N4O4. The van der Waals surface area contributed by atoms with E-state index < -0.39 is 0 Å². The fourth-order valence-electron chi connectivity index (χ4n) is 3.95. The number of urea groups is 1. The molecule has 4 amide bonds. The van der Waals surface area contributed by atoms with E-state index in [1.807, 2.05) is 18.2 Å². The van der Waals surface area contributed by atoms with Crippen molar-refractivity contribution >= 4 is 29.2 Å².